The molecule has 2 atom stereocenters. The molecule has 7 heteroatoms. The maximum atomic E-state index is 12.7. The van der Waals surface area contributed by atoms with Gasteiger partial charge in [0.2, 0.25) is 5.91 Å². The Morgan fingerprint density at radius 2 is 1.93 bits per heavy atom. The molecule has 4 heterocycles. The first-order valence-corrected chi connectivity index (χ1v) is 9.56. The third-order valence-electron chi connectivity index (χ3n) is 5.43. The molecule has 7 nitrogen and oxygen atoms in total. The fourth-order valence-corrected chi connectivity index (χ4v) is 3.96. The molecule has 2 aromatic rings. The summed E-state index contributed by atoms with van der Waals surface area (Å²) in [5.41, 5.74) is 2.25. The minimum atomic E-state index is 0.201. The van der Waals surface area contributed by atoms with Gasteiger partial charge in [0, 0.05) is 57.4 Å². The van der Waals surface area contributed by atoms with E-state index in [1.807, 2.05) is 17.3 Å². The number of carbonyl (C=O) groups excluding carboxylic acids is 1. The van der Waals surface area contributed by atoms with E-state index in [1.54, 1.807) is 12.4 Å². The van der Waals surface area contributed by atoms with Crippen molar-refractivity contribution in [2.45, 2.75) is 38.0 Å². The van der Waals surface area contributed by atoms with E-state index < -0.39 is 0 Å². The number of hydrogen-bond donors (Lipinski definition) is 0. The first-order valence-electron chi connectivity index (χ1n) is 9.56. The highest BCUT2D eigenvalue weighted by atomic mass is 16.5. The fourth-order valence-electron chi connectivity index (χ4n) is 3.96. The maximum Gasteiger partial charge on any atom is 0.222 e. The van der Waals surface area contributed by atoms with Crippen LogP contribution in [-0.4, -0.2) is 69.0 Å². The second-order valence-electron chi connectivity index (χ2n) is 7.18. The standard InChI is InChI=1S/C20H25N5O2/c26-20(2-1-17-11-22-15-23-12-17)25-8-5-19-18(14-25)24(9-10-27-19)13-16-3-6-21-7-4-16/h3-4,6-7,11-12,15,18-19H,1-2,5,8-10,13-14H2/t18-,19-/m0/s1. The van der Waals surface area contributed by atoms with Gasteiger partial charge in [-0.3, -0.25) is 14.7 Å². The minimum absolute atomic E-state index is 0.201. The lowest BCUT2D eigenvalue weighted by Gasteiger charge is -2.47. The number of aryl methyl sites for hydroxylation is 1. The van der Waals surface area contributed by atoms with Crippen molar-refractivity contribution in [1.29, 1.82) is 0 Å². The van der Waals surface area contributed by atoms with Crippen LogP contribution in [0.15, 0.2) is 43.2 Å². The molecule has 4 rings (SSSR count). The molecule has 0 unspecified atom stereocenters. The van der Waals surface area contributed by atoms with E-state index >= 15 is 0 Å². The Morgan fingerprint density at radius 1 is 1.11 bits per heavy atom. The van der Waals surface area contributed by atoms with Crippen LogP contribution in [0.2, 0.25) is 0 Å². The van der Waals surface area contributed by atoms with Gasteiger partial charge in [0.05, 0.1) is 18.8 Å². The lowest BCUT2D eigenvalue weighted by atomic mass is 9.97. The summed E-state index contributed by atoms with van der Waals surface area (Å²) in [7, 11) is 0. The van der Waals surface area contributed by atoms with E-state index in [0.717, 1.165) is 44.8 Å². The van der Waals surface area contributed by atoms with Crippen LogP contribution in [-0.2, 0) is 22.5 Å². The summed E-state index contributed by atoms with van der Waals surface area (Å²) in [4.78, 5) is 29.3. The van der Waals surface area contributed by atoms with Crippen molar-refractivity contribution in [2.75, 3.05) is 26.2 Å². The number of fused-ring (bicyclic) bond motifs is 1. The second-order valence-corrected chi connectivity index (χ2v) is 7.18. The number of ether oxygens (including phenoxy) is 1. The number of carbonyl (C=O) groups is 1. The van der Waals surface area contributed by atoms with Crippen molar-refractivity contribution in [3.05, 3.63) is 54.4 Å². The predicted octanol–water partition coefficient (Wildman–Crippen LogP) is 1.31. The number of hydrogen-bond acceptors (Lipinski definition) is 6. The topological polar surface area (TPSA) is 71.5 Å². The number of amides is 1. The molecule has 0 N–H and O–H groups in total. The van der Waals surface area contributed by atoms with Gasteiger partial charge < -0.3 is 9.64 Å². The number of piperidine rings is 1. The van der Waals surface area contributed by atoms with Crippen molar-refractivity contribution in [1.82, 2.24) is 24.8 Å². The molecule has 0 bridgehead atoms. The quantitative estimate of drug-likeness (QED) is 0.793. The van der Waals surface area contributed by atoms with Gasteiger partial charge in [-0.2, -0.15) is 0 Å². The lowest BCUT2D eigenvalue weighted by molar-refractivity contribution is -0.143. The number of nitrogens with zero attached hydrogens (tertiary/aromatic N) is 5. The SMILES string of the molecule is O=C(CCc1cncnc1)N1CC[C@@H]2OCCN(Cc3ccncc3)[C@H]2C1. The molecule has 0 aromatic carbocycles. The van der Waals surface area contributed by atoms with Crippen molar-refractivity contribution < 1.29 is 9.53 Å². The molecule has 2 aliphatic heterocycles. The largest absolute Gasteiger partial charge is 0.375 e. The minimum Gasteiger partial charge on any atom is -0.375 e. The van der Waals surface area contributed by atoms with E-state index in [4.69, 9.17) is 4.74 Å². The van der Waals surface area contributed by atoms with Crippen LogP contribution in [0, 0.1) is 0 Å². The molecule has 0 aliphatic carbocycles. The van der Waals surface area contributed by atoms with Crippen molar-refractivity contribution in [3.63, 3.8) is 0 Å². The molecule has 1 amide bonds. The van der Waals surface area contributed by atoms with Gasteiger partial charge in [0.15, 0.2) is 0 Å². The van der Waals surface area contributed by atoms with Gasteiger partial charge in [0.1, 0.15) is 6.33 Å². The van der Waals surface area contributed by atoms with Crippen LogP contribution in [0.4, 0.5) is 0 Å². The van der Waals surface area contributed by atoms with Crippen LogP contribution in [0.25, 0.3) is 0 Å². The number of likely N-dealkylation sites (tertiary alicyclic amines) is 1. The molecule has 142 valence electrons. The summed E-state index contributed by atoms with van der Waals surface area (Å²) in [6, 6.07) is 4.36. The Labute approximate surface area is 159 Å². The van der Waals surface area contributed by atoms with Gasteiger partial charge in [-0.25, -0.2) is 9.97 Å². The van der Waals surface area contributed by atoms with Gasteiger partial charge >= 0.3 is 0 Å². The second kappa shape index (κ2) is 8.54. The number of rotatable bonds is 5. The van der Waals surface area contributed by atoms with Crippen LogP contribution in [0.1, 0.15) is 24.0 Å². The summed E-state index contributed by atoms with van der Waals surface area (Å²) in [5.74, 6) is 0.201. The molecule has 0 radical (unpaired) electrons. The van der Waals surface area contributed by atoms with Crippen LogP contribution < -0.4 is 0 Å². The monoisotopic (exact) mass is 367 g/mol. The van der Waals surface area contributed by atoms with Crippen molar-refractivity contribution >= 4 is 5.91 Å². The lowest BCUT2D eigenvalue weighted by Crippen LogP contribution is -2.60. The number of morpholine rings is 1. The highest BCUT2D eigenvalue weighted by Crippen LogP contribution is 2.25. The first-order chi connectivity index (χ1) is 13.3. The summed E-state index contributed by atoms with van der Waals surface area (Å²) >= 11 is 0. The zero-order chi connectivity index (χ0) is 18.5. The number of aromatic nitrogens is 3. The predicted molar refractivity (Wildman–Crippen MR) is 99.7 cm³/mol. The Hall–Kier alpha value is -2.38. The maximum absolute atomic E-state index is 12.7. The van der Waals surface area contributed by atoms with E-state index in [1.165, 1.54) is 11.9 Å². The van der Waals surface area contributed by atoms with Crippen LogP contribution >= 0.6 is 0 Å². The molecule has 2 aromatic heterocycles. The summed E-state index contributed by atoms with van der Waals surface area (Å²) in [6.07, 6.45) is 11.0. The molecular weight excluding hydrogens is 342 g/mol. The summed E-state index contributed by atoms with van der Waals surface area (Å²) in [6.45, 7) is 4.03. The van der Waals surface area contributed by atoms with Crippen molar-refractivity contribution in [2.24, 2.45) is 0 Å². The van der Waals surface area contributed by atoms with Crippen LogP contribution in [0.3, 0.4) is 0 Å². The van der Waals surface area contributed by atoms with Gasteiger partial charge in [-0.1, -0.05) is 0 Å². The third kappa shape index (κ3) is 4.48. The summed E-state index contributed by atoms with van der Waals surface area (Å²) in [5, 5.41) is 0. The van der Waals surface area contributed by atoms with Gasteiger partial charge in [0.25, 0.3) is 0 Å². The van der Waals surface area contributed by atoms with Crippen LogP contribution in [0.5, 0.6) is 0 Å². The van der Waals surface area contributed by atoms with E-state index in [0.29, 0.717) is 12.8 Å². The molecule has 2 aliphatic rings. The fraction of sp³-hybridized carbons (Fsp3) is 0.500. The van der Waals surface area contributed by atoms with E-state index in [9.17, 15) is 4.79 Å². The Morgan fingerprint density at radius 3 is 2.74 bits per heavy atom. The highest BCUT2D eigenvalue weighted by molar-refractivity contribution is 5.76. The third-order valence-corrected chi connectivity index (χ3v) is 5.43. The Balaban J connectivity index is 1.37. The molecule has 0 spiro atoms. The Bertz CT molecular complexity index is 743. The average molecular weight is 367 g/mol. The molecule has 2 fully saturated rings. The van der Waals surface area contributed by atoms with E-state index in [-0.39, 0.29) is 18.1 Å². The van der Waals surface area contributed by atoms with E-state index in [2.05, 4.69) is 32.0 Å². The zero-order valence-corrected chi connectivity index (χ0v) is 15.4. The molecular formula is C20H25N5O2. The van der Waals surface area contributed by atoms with Gasteiger partial charge in [-0.15, -0.1) is 0 Å². The van der Waals surface area contributed by atoms with Crippen molar-refractivity contribution in [3.8, 4) is 0 Å². The summed E-state index contributed by atoms with van der Waals surface area (Å²) < 4.78 is 6.00. The van der Waals surface area contributed by atoms with Gasteiger partial charge in [-0.05, 0) is 36.1 Å². The highest BCUT2D eigenvalue weighted by Gasteiger charge is 2.38. The molecule has 2 saturated heterocycles. The number of pyridine rings is 1. The first kappa shape index (κ1) is 18.0. The molecule has 0 saturated carbocycles. The Kier molecular flexibility index (Phi) is 5.69. The molecule has 27 heavy (non-hydrogen) atoms. The average Bonchev–Trinajstić information content (AvgIpc) is 2.73. The zero-order valence-electron chi connectivity index (χ0n) is 15.4. The normalized spacial score (nSPS) is 23.0. The smallest absolute Gasteiger partial charge is 0.222 e.